The van der Waals surface area contributed by atoms with Crippen LogP contribution in [0.2, 0.25) is 0 Å². The van der Waals surface area contributed by atoms with E-state index < -0.39 is 52.7 Å². The summed E-state index contributed by atoms with van der Waals surface area (Å²) in [5.41, 5.74) is -1.34. The van der Waals surface area contributed by atoms with Crippen LogP contribution in [0.15, 0.2) is 18.4 Å². The summed E-state index contributed by atoms with van der Waals surface area (Å²) in [4.78, 5) is 12.0. The van der Waals surface area contributed by atoms with Crippen LogP contribution in [0.5, 0.6) is 0 Å². The maximum absolute atomic E-state index is 13.5. The molecule has 0 saturated heterocycles. The fourth-order valence-electron chi connectivity index (χ4n) is 2.63. The Morgan fingerprint density at radius 2 is 1.78 bits per heavy atom. The van der Waals surface area contributed by atoms with Gasteiger partial charge >= 0.3 is 5.97 Å². The number of benzene rings is 1. The second-order valence-corrected chi connectivity index (χ2v) is 5.94. The van der Waals surface area contributed by atoms with Crippen molar-refractivity contribution in [3.8, 4) is 0 Å². The number of esters is 1. The molecular formula is C16H16F4O3. The van der Waals surface area contributed by atoms with Gasteiger partial charge in [0.05, 0.1) is 24.9 Å². The third kappa shape index (κ3) is 3.18. The van der Waals surface area contributed by atoms with Crippen molar-refractivity contribution < 1.29 is 31.8 Å². The lowest BCUT2D eigenvalue weighted by atomic mass is 10.1. The maximum Gasteiger partial charge on any atom is 0.310 e. The fraction of sp³-hybridized carbons (Fsp3) is 0.438. The lowest BCUT2D eigenvalue weighted by Gasteiger charge is -2.09. The van der Waals surface area contributed by atoms with Crippen molar-refractivity contribution in [2.45, 2.75) is 20.5 Å². The minimum Gasteiger partial charge on any atom is -0.505 e. The van der Waals surface area contributed by atoms with Crippen molar-refractivity contribution in [3.05, 3.63) is 47.2 Å². The van der Waals surface area contributed by atoms with E-state index in [1.54, 1.807) is 6.08 Å². The van der Waals surface area contributed by atoms with Crippen molar-refractivity contribution in [1.29, 1.82) is 0 Å². The van der Waals surface area contributed by atoms with Gasteiger partial charge in [0.25, 0.3) is 0 Å². The first-order valence-corrected chi connectivity index (χ1v) is 6.89. The summed E-state index contributed by atoms with van der Waals surface area (Å²) in [7, 11) is 1.46. The van der Waals surface area contributed by atoms with E-state index in [1.165, 1.54) is 13.4 Å². The number of hydrogen-bond donors (Lipinski definition) is 0. The predicted octanol–water partition coefficient (Wildman–Crippen LogP) is 3.72. The molecule has 1 aliphatic carbocycles. The van der Waals surface area contributed by atoms with Crippen molar-refractivity contribution in [2.24, 2.45) is 17.3 Å². The highest BCUT2D eigenvalue weighted by Gasteiger charge is 2.61. The van der Waals surface area contributed by atoms with Gasteiger partial charge in [-0.25, -0.2) is 17.6 Å². The van der Waals surface area contributed by atoms with Crippen LogP contribution in [-0.4, -0.2) is 13.1 Å². The van der Waals surface area contributed by atoms with Crippen LogP contribution in [0.1, 0.15) is 19.4 Å². The van der Waals surface area contributed by atoms with Gasteiger partial charge in [-0.1, -0.05) is 13.8 Å². The maximum atomic E-state index is 13.5. The minimum absolute atomic E-state index is 0.103. The number of carbonyl (C=O) groups excluding carboxylic acids is 1. The molecule has 7 heteroatoms. The number of carbonyl (C=O) groups is 1. The number of methoxy groups -OCH3 is 1. The molecule has 0 N–H and O–H groups in total. The Kier molecular flexibility index (Phi) is 4.68. The Bertz CT molecular complexity index is 629. The van der Waals surface area contributed by atoms with Gasteiger partial charge in [-0.3, -0.25) is 4.79 Å². The molecule has 126 valence electrons. The molecule has 2 atom stereocenters. The average Bonchev–Trinajstić information content (AvgIpc) is 3.04. The molecule has 0 spiro atoms. The third-order valence-electron chi connectivity index (χ3n) is 4.15. The smallest absolute Gasteiger partial charge is 0.310 e. The minimum atomic E-state index is -1.57. The molecule has 0 radical (unpaired) electrons. The normalized spacial score (nSPS) is 22.2. The van der Waals surface area contributed by atoms with E-state index in [-0.39, 0.29) is 12.0 Å². The summed E-state index contributed by atoms with van der Waals surface area (Å²) in [6.45, 7) is 2.78. The van der Waals surface area contributed by atoms with Crippen molar-refractivity contribution >= 4 is 5.97 Å². The molecule has 0 aliphatic heterocycles. The molecule has 0 bridgehead atoms. The second-order valence-electron chi connectivity index (χ2n) is 5.94. The summed E-state index contributed by atoms with van der Waals surface area (Å²) in [5, 5.41) is 0. The van der Waals surface area contributed by atoms with E-state index in [9.17, 15) is 22.4 Å². The first-order valence-electron chi connectivity index (χ1n) is 6.89. The first kappa shape index (κ1) is 17.3. The van der Waals surface area contributed by atoms with E-state index in [2.05, 4.69) is 0 Å². The van der Waals surface area contributed by atoms with E-state index in [0.29, 0.717) is 0 Å². The van der Waals surface area contributed by atoms with Crippen molar-refractivity contribution in [2.75, 3.05) is 7.11 Å². The monoisotopic (exact) mass is 332 g/mol. The lowest BCUT2D eigenvalue weighted by Crippen LogP contribution is -2.13. The van der Waals surface area contributed by atoms with Gasteiger partial charge in [-0.15, -0.1) is 0 Å². The molecule has 0 heterocycles. The number of rotatable bonds is 5. The predicted molar refractivity (Wildman–Crippen MR) is 73.0 cm³/mol. The molecule has 1 fully saturated rings. The lowest BCUT2D eigenvalue weighted by molar-refractivity contribution is -0.147. The first-order chi connectivity index (χ1) is 10.7. The van der Waals surface area contributed by atoms with Gasteiger partial charge in [0.15, 0.2) is 23.3 Å². The van der Waals surface area contributed by atoms with Gasteiger partial charge in [0.2, 0.25) is 0 Å². The van der Waals surface area contributed by atoms with E-state index in [1.807, 2.05) is 13.8 Å². The third-order valence-corrected chi connectivity index (χ3v) is 4.15. The molecule has 0 unspecified atom stereocenters. The second kappa shape index (κ2) is 6.22. The largest absolute Gasteiger partial charge is 0.505 e. The summed E-state index contributed by atoms with van der Waals surface area (Å²) < 4.78 is 62.8. The molecule has 2 rings (SSSR count). The Labute approximate surface area is 130 Å². The average molecular weight is 332 g/mol. The van der Waals surface area contributed by atoms with Gasteiger partial charge in [0.1, 0.15) is 6.61 Å². The van der Waals surface area contributed by atoms with Crippen LogP contribution in [0.3, 0.4) is 0 Å². The number of hydrogen-bond acceptors (Lipinski definition) is 3. The summed E-state index contributed by atoms with van der Waals surface area (Å²) in [5.74, 6) is -7.56. The topological polar surface area (TPSA) is 35.5 Å². The molecule has 1 aromatic carbocycles. The highest BCUT2D eigenvalue weighted by molar-refractivity contribution is 5.78. The Morgan fingerprint density at radius 1 is 1.22 bits per heavy atom. The van der Waals surface area contributed by atoms with Gasteiger partial charge in [-0.2, -0.15) is 0 Å². The number of allylic oxidation sites excluding steroid dienone is 1. The van der Waals surface area contributed by atoms with Crippen molar-refractivity contribution in [3.63, 3.8) is 0 Å². The summed E-state index contributed by atoms with van der Waals surface area (Å²) in [6.07, 6.45) is 3.12. The van der Waals surface area contributed by atoms with E-state index >= 15 is 0 Å². The van der Waals surface area contributed by atoms with Crippen LogP contribution < -0.4 is 0 Å². The molecule has 23 heavy (non-hydrogen) atoms. The van der Waals surface area contributed by atoms with Gasteiger partial charge in [-0.05, 0) is 17.4 Å². The van der Waals surface area contributed by atoms with Crippen LogP contribution in [-0.2, 0) is 20.9 Å². The molecule has 1 aromatic rings. The number of ether oxygens (including phenoxy) is 2. The van der Waals surface area contributed by atoms with Crippen LogP contribution in [0.25, 0.3) is 0 Å². The standard InChI is InChI=1S/C16H16F4O3/c1-16(2)9(4-5-22-3)12(16)15(21)23-7-8-13(19)10(17)6-11(18)14(8)20/h4-6,9,12H,7H2,1-3H3/t9-,12+/m0/s1. The van der Waals surface area contributed by atoms with Gasteiger partial charge in [0, 0.05) is 6.07 Å². The number of halogens is 4. The molecule has 1 saturated carbocycles. The van der Waals surface area contributed by atoms with E-state index in [4.69, 9.17) is 9.47 Å². The zero-order valence-corrected chi connectivity index (χ0v) is 12.8. The van der Waals surface area contributed by atoms with Crippen LogP contribution >= 0.6 is 0 Å². The molecule has 0 amide bonds. The zero-order valence-electron chi connectivity index (χ0n) is 12.8. The molecule has 3 nitrogen and oxygen atoms in total. The molecular weight excluding hydrogens is 316 g/mol. The summed E-state index contributed by atoms with van der Waals surface area (Å²) >= 11 is 0. The highest BCUT2D eigenvalue weighted by Crippen LogP contribution is 2.59. The Morgan fingerprint density at radius 3 is 2.30 bits per heavy atom. The molecule has 1 aliphatic rings. The Hall–Kier alpha value is -2.05. The van der Waals surface area contributed by atoms with Crippen LogP contribution in [0, 0.1) is 40.5 Å². The quantitative estimate of drug-likeness (QED) is 0.357. The van der Waals surface area contributed by atoms with Crippen LogP contribution in [0.4, 0.5) is 17.6 Å². The Balaban J connectivity index is 2.08. The van der Waals surface area contributed by atoms with Crippen molar-refractivity contribution in [1.82, 2.24) is 0 Å². The zero-order chi connectivity index (χ0) is 17.4. The molecule has 0 aromatic heterocycles. The highest BCUT2D eigenvalue weighted by atomic mass is 19.2. The fourth-order valence-corrected chi connectivity index (χ4v) is 2.63. The van der Waals surface area contributed by atoms with Gasteiger partial charge < -0.3 is 9.47 Å². The SMILES string of the molecule is COC=C[C@H]1[C@H](C(=O)OCc2c(F)c(F)cc(F)c2F)C1(C)C. The summed E-state index contributed by atoms with van der Waals surface area (Å²) in [6, 6.07) is 0.103. The van der Waals surface area contributed by atoms with E-state index in [0.717, 1.165) is 0 Å².